The van der Waals surface area contributed by atoms with E-state index in [4.69, 9.17) is 4.74 Å². The summed E-state index contributed by atoms with van der Waals surface area (Å²) in [5, 5.41) is 17.3. The third-order valence-corrected chi connectivity index (χ3v) is 4.76. The molecule has 4 aromatic rings. The SMILES string of the molecule is CC(C)(C)c1ccccc1Oc1ncccc1Nc1cc(C#N)n(-c2ccccc2)n1. The van der Waals surface area contributed by atoms with Gasteiger partial charge in [-0.3, -0.25) is 0 Å². The average Bonchev–Trinajstić information content (AvgIpc) is 3.18. The van der Waals surface area contributed by atoms with Crippen LogP contribution in [-0.2, 0) is 5.41 Å². The number of benzene rings is 2. The van der Waals surface area contributed by atoms with Crippen molar-refractivity contribution < 1.29 is 4.74 Å². The number of hydrogen-bond donors (Lipinski definition) is 1. The van der Waals surface area contributed by atoms with E-state index in [-0.39, 0.29) is 5.41 Å². The Kier molecular flexibility index (Phi) is 5.42. The largest absolute Gasteiger partial charge is 0.437 e. The third kappa shape index (κ3) is 4.41. The Morgan fingerprint density at radius 1 is 0.968 bits per heavy atom. The highest BCUT2D eigenvalue weighted by Gasteiger charge is 2.20. The smallest absolute Gasteiger partial charge is 0.243 e. The van der Waals surface area contributed by atoms with Crippen LogP contribution >= 0.6 is 0 Å². The Labute approximate surface area is 181 Å². The van der Waals surface area contributed by atoms with Crippen LogP contribution in [0.15, 0.2) is 79.0 Å². The van der Waals surface area contributed by atoms with Gasteiger partial charge in [-0.2, -0.15) is 5.26 Å². The molecule has 0 unspecified atom stereocenters. The van der Waals surface area contributed by atoms with Crippen LogP contribution in [0.1, 0.15) is 32.0 Å². The summed E-state index contributed by atoms with van der Waals surface area (Å²) in [6, 6.07) is 25.1. The first-order valence-electron chi connectivity index (χ1n) is 10.0. The molecule has 1 N–H and O–H groups in total. The van der Waals surface area contributed by atoms with E-state index in [1.54, 1.807) is 16.9 Å². The molecule has 4 rings (SSSR count). The number of rotatable bonds is 5. The van der Waals surface area contributed by atoms with Crippen molar-refractivity contribution in [3.8, 4) is 23.4 Å². The minimum absolute atomic E-state index is 0.0743. The van der Waals surface area contributed by atoms with Crippen molar-refractivity contribution in [2.24, 2.45) is 0 Å². The monoisotopic (exact) mass is 409 g/mol. The van der Waals surface area contributed by atoms with Crippen LogP contribution in [0.5, 0.6) is 11.6 Å². The van der Waals surface area contributed by atoms with E-state index in [1.807, 2.05) is 60.7 Å². The van der Waals surface area contributed by atoms with Crippen molar-refractivity contribution in [2.45, 2.75) is 26.2 Å². The van der Waals surface area contributed by atoms with Gasteiger partial charge in [0.1, 0.15) is 23.2 Å². The van der Waals surface area contributed by atoms with Gasteiger partial charge in [-0.15, -0.1) is 5.10 Å². The molecular formula is C25H23N5O. The highest BCUT2D eigenvalue weighted by molar-refractivity contribution is 5.63. The maximum absolute atomic E-state index is 9.54. The number of anilines is 2. The normalized spacial score (nSPS) is 11.0. The quantitative estimate of drug-likeness (QED) is 0.439. The molecule has 0 radical (unpaired) electrons. The predicted octanol–water partition coefficient (Wildman–Crippen LogP) is 5.97. The Balaban J connectivity index is 1.66. The van der Waals surface area contributed by atoms with E-state index in [0.717, 1.165) is 17.0 Å². The molecule has 6 heteroatoms. The van der Waals surface area contributed by atoms with Gasteiger partial charge in [0.2, 0.25) is 5.88 Å². The second-order valence-corrected chi connectivity index (χ2v) is 8.10. The highest BCUT2D eigenvalue weighted by atomic mass is 16.5. The zero-order chi connectivity index (χ0) is 21.8. The van der Waals surface area contributed by atoms with Gasteiger partial charge in [0.25, 0.3) is 0 Å². The lowest BCUT2D eigenvalue weighted by atomic mass is 9.86. The Morgan fingerprint density at radius 2 is 1.71 bits per heavy atom. The first-order valence-corrected chi connectivity index (χ1v) is 10.0. The fourth-order valence-corrected chi connectivity index (χ4v) is 3.27. The molecule has 0 aliphatic heterocycles. The Hall–Kier alpha value is -4.11. The molecule has 2 aromatic heterocycles. The number of nitrogens with zero attached hydrogens (tertiary/aromatic N) is 4. The number of aromatic nitrogens is 3. The summed E-state index contributed by atoms with van der Waals surface area (Å²) in [4.78, 5) is 4.42. The topological polar surface area (TPSA) is 75.8 Å². The van der Waals surface area contributed by atoms with Crippen LogP contribution in [0, 0.1) is 11.3 Å². The summed E-state index contributed by atoms with van der Waals surface area (Å²) >= 11 is 0. The zero-order valence-electron chi connectivity index (χ0n) is 17.7. The van der Waals surface area contributed by atoms with E-state index < -0.39 is 0 Å². The fourth-order valence-electron chi connectivity index (χ4n) is 3.27. The van der Waals surface area contributed by atoms with Crippen LogP contribution in [0.2, 0.25) is 0 Å². The van der Waals surface area contributed by atoms with Crippen LogP contribution in [-0.4, -0.2) is 14.8 Å². The Bertz CT molecular complexity index is 1230. The summed E-state index contributed by atoms with van der Waals surface area (Å²) in [6.45, 7) is 6.44. The summed E-state index contributed by atoms with van der Waals surface area (Å²) in [7, 11) is 0. The molecule has 0 fully saturated rings. The molecule has 31 heavy (non-hydrogen) atoms. The van der Waals surface area contributed by atoms with Gasteiger partial charge in [-0.25, -0.2) is 9.67 Å². The van der Waals surface area contributed by atoms with Gasteiger partial charge in [-0.05, 0) is 35.7 Å². The lowest BCUT2D eigenvalue weighted by Crippen LogP contribution is -2.12. The van der Waals surface area contributed by atoms with Crippen molar-refractivity contribution in [1.29, 1.82) is 5.26 Å². The molecule has 154 valence electrons. The van der Waals surface area contributed by atoms with Crippen molar-refractivity contribution >= 4 is 11.5 Å². The lowest BCUT2D eigenvalue weighted by Gasteiger charge is -2.22. The molecule has 0 atom stereocenters. The molecular weight excluding hydrogens is 386 g/mol. The first kappa shape index (κ1) is 20.2. The predicted molar refractivity (Wildman–Crippen MR) is 121 cm³/mol. The van der Waals surface area contributed by atoms with E-state index in [1.165, 1.54) is 0 Å². The van der Waals surface area contributed by atoms with Crippen molar-refractivity contribution in [2.75, 3.05) is 5.32 Å². The number of hydrogen-bond acceptors (Lipinski definition) is 5. The van der Waals surface area contributed by atoms with Crippen LogP contribution < -0.4 is 10.1 Å². The number of pyridine rings is 1. The van der Waals surface area contributed by atoms with Gasteiger partial charge in [0.15, 0.2) is 5.82 Å². The van der Waals surface area contributed by atoms with E-state index in [2.05, 4.69) is 48.3 Å². The first-order chi connectivity index (χ1) is 15.0. The number of nitrogens with one attached hydrogen (secondary N) is 1. The highest BCUT2D eigenvalue weighted by Crippen LogP contribution is 2.36. The summed E-state index contributed by atoms with van der Waals surface area (Å²) in [6.07, 6.45) is 1.68. The maximum atomic E-state index is 9.54. The Morgan fingerprint density at radius 3 is 2.45 bits per heavy atom. The fraction of sp³-hybridized carbons (Fsp3) is 0.160. The molecule has 0 spiro atoms. The van der Waals surface area contributed by atoms with Gasteiger partial charge >= 0.3 is 0 Å². The van der Waals surface area contributed by atoms with Gasteiger partial charge < -0.3 is 10.1 Å². The van der Waals surface area contributed by atoms with E-state index >= 15 is 0 Å². The third-order valence-electron chi connectivity index (χ3n) is 4.76. The summed E-state index contributed by atoms with van der Waals surface area (Å²) < 4.78 is 7.82. The van der Waals surface area contributed by atoms with Crippen LogP contribution in [0.3, 0.4) is 0 Å². The van der Waals surface area contributed by atoms with E-state index in [9.17, 15) is 5.26 Å². The molecule has 0 saturated carbocycles. The standard InChI is InChI=1S/C25H23N5O/c1-25(2,3)20-12-7-8-14-22(20)31-24-21(13-9-15-27-24)28-23-16-19(17-26)30(29-23)18-10-5-4-6-11-18/h4-16H,1-3H3,(H,28,29). The van der Waals surface area contributed by atoms with Crippen molar-refractivity contribution in [3.63, 3.8) is 0 Å². The number of nitriles is 1. The lowest BCUT2D eigenvalue weighted by molar-refractivity contribution is 0.442. The van der Waals surface area contributed by atoms with Crippen LogP contribution in [0.4, 0.5) is 11.5 Å². The van der Waals surface area contributed by atoms with Gasteiger partial charge in [-0.1, -0.05) is 57.2 Å². The molecule has 0 aliphatic carbocycles. The maximum Gasteiger partial charge on any atom is 0.243 e. The minimum atomic E-state index is -0.0743. The second-order valence-electron chi connectivity index (χ2n) is 8.10. The summed E-state index contributed by atoms with van der Waals surface area (Å²) in [5.74, 6) is 1.72. The molecule has 2 heterocycles. The number of para-hydroxylation sites is 2. The second kappa shape index (κ2) is 8.33. The molecule has 0 amide bonds. The van der Waals surface area contributed by atoms with E-state index in [0.29, 0.717) is 23.1 Å². The average molecular weight is 409 g/mol. The number of ether oxygens (including phenoxy) is 1. The molecule has 0 saturated heterocycles. The molecule has 0 aliphatic rings. The molecule has 2 aromatic carbocycles. The minimum Gasteiger partial charge on any atom is -0.437 e. The van der Waals surface area contributed by atoms with Crippen molar-refractivity contribution in [3.05, 3.63) is 90.3 Å². The zero-order valence-corrected chi connectivity index (χ0v) is 17.7. The van der Waals surface area contributed by atoms with Gasteiger partial charge in [0.05, 0.1) is 5.69 Å². The van der Waals surface area contributed by atoms with Crippen molar-refractivity contribution in [1.82, 2.24) is 14.8 Å². The van der Waals surface area contributed by atoms with Crippen LogP contribution in [0.25, 0.3) is 5.69 Å². The van der Waals surface area contributed by atoms with Gasteiger partial charge in [0, 0.05) is 17.8 Å². The molecule has 6 nitrogen and oxygen atoms in total. The summed E-state index contributed by atoms with van der Waals surface area (Å²) in [5.41, 5.74) is 2.92. The molecule has 0 bridgehead atoms.